The number of carbonyl (C=O) groups is 1. The number of carbonyl (C=O) groups excluding carboxylic acids is 1. The number of methoxy groups -OCH3 is 1. The van der Waals surface area contributed by atoms with Gasteiger partial charge in [0.25, 0.3) is 5.91 Å². The third-order valence-electron chi connectivity index (χ3n) is 4.35. The van der Waals surface area contributed by atoms with Gasteiger partial charge in [0.2, 0.25) is 0 Å². The number of thiophene rings is 1. The van der Waals surface area contributed by atoms with Crippen molar-refractivity contribution in [2.24, 2.45) is 0 Å². The van der Waals surface area contributed by atoms with E-state index in [9.17, 15) is 4.79 Å². The van der Waals surface area contributed by atoms with Gasteiger partial charge in [0.05, 0.1) is 23.8 Å². The van der Waals surface area contributed by atoms with Crippen molar-refractivity contribution < 1.29 is 14.3 Å². The van der Waals surface area contributed by atoms with Gasteiger partial charge in [-0.15, -0.1) is 16.4 Å². The van der Waals surface area contributed by atoms with E-state index in [1.807, 2.05) is 73.8 Å². The number of rotatable bonds is 7. The van der Waals surface area contributed by atoms with Crippen LogP contribution < -0.4 is 14.8 Å². The second kappa shape index (κ2) is 9.01. The average Bonchev–Trinajstić information content (AvgIpc) is 3.44. The molecule has 4 aromatic rings. The summed E-state index contributed by atoms with van der Waals surface area (Å²) in [5.41, 5.74) is 2.24. The van der Waals surface area contributed by atoms with Gasteiger partial charge in [-0.25, -0.2) is 4.68 Å². The van der Waals surface area contributed by atoms with Gasteiger partial charge >= 0.3 is 6.01 Å². The van der Waals surface area contributed by atoms with Crippen LogP contribution in [0.3, 0.4) is 0 Å². The number of hydrogen-bond acceptors (Lipinski definition) is 6. The molecule has 31 heavy (non-hydrogen) atoms. The zero-order valence-electron chi connectivity index (χ0n) is 17.4. The molecular weight excluding hydrogens is 412 g/mol. The van der Waals surface area contributed by atoms with Crippen LogP contribution in [0, 0.1) is 0 Å². The normalized spacial score (nSPS) is 10.8. The van der Waals surface area contributed by atoms with E-state index in [4.69, 9.17) is 9.47 Å². The lowest BCUT2D eigenvalue weighted by Crippen LogP contribution is -2.10. The fraction of sp³-hybridized carbons (Fsp3) is 0.174. The maximum Gasteiger partial charge on any atom is 0.336 e. The van der Waals surface area contributed by atoms with Gasteiger partial charge in [0.1, 0.15) is 5.75 Å². The highest BCUT2D eigenvalue weighted by Gasteiger charge is 2.17. The van der Waals surface area contributed by atoms with Gasteiger partial charge in [0, 0.05) is 11.3 Å². The molecule has 0 saturated carbocycles. The van der Waals surface area contributed by atoms with Crippen molar-refractivity contribution in [2.75, 3.05) is 12.4 Å². The number of ether oxygens (including phenoxy) is 2. The van der Waals surface area contributed by atoms with Crippen LogP contribution in [0.25, 0.3) is 17.1 Å². The Bertz CT molecular complexity index is 1190. The van der Waals surface area contributed by atoms with E-state index < -0.39 is 0 Å². The summed E-state index contributed by atoms with van der Waals surface area (Å²) in [4.78, 5) is 17.7. The van der Waals surface area contributed by atoms with Crippen molar-refractivity contribution in [3.63, 3.8) is 0 Å². The minimum atomic E-state index is -0.150. The monoisotopic (exact) mass is 434 g/mol. The summed E-state index contributed by atoms with van der Waals surface area (Å²) in [5.74, 6) is 1.18. The molecule has 0 aliphatic heterocycles. The number of aromatic nitrogens is 3. The molecule has 0 saturated heterocycles. The average molecular weight is 435 g/mol. The van der Waals surface area contributed by atoms with Crippen LogP contribution in [0.2, 0.25) is 0 Å². The van der Waals surface area contributed by atoms with Gasteiger partial charge in [-0.1, -0.05) is 24.3 Å². The van der Waals surface area contributed by atoms with Crippen molar-refractivity contribution >= 4 is 22.9 Å². The topological polar surface area (TPSA) is 78.3 Å². The van der Waals surface area contributed by atoms with Crippen LogP contribution in [0.1, 0.15) is 23.5 Å². The molecule has 2 aromatic carbocycles. The smallest absolute Gasteiger partial charge is 0.336 e. The number of benzene rings is 2. The maximum atomic E-state index is 12.4. The lowest BCUT2D eigenvalue weighted by Gasteiger charge is -2.09. The summed E-state index contributed by atoms with van der Waals surface area (Å²) >= 11 is 1.40. The van der Waals surface area contributed by atoms with Gasteiger partial charge in [-0.3, -0.25) is 4.79 Å². The van der Waals surface area contributed by atoms with Crippen LogP contribution in [0.15, 0.2) is 66.0 Å². The molecule has 1 N–H and O–H groups in total. The van der Waals surface area contributed by atoms with Crippen LogP contribution in [-0.4, -0.2) is 33.9 Å². The molecule has 0 radical (unpaired) electrons. The standard InChI is InChI=1S/C23H22N4O3S/c1-15(2)30-23-25-21(16-7-4-10-19(13-16)29-3)27(26-23)18-9-5-8-17(14-18)24-22(28)20-11-6-12-31-20/h4-15H,1-3H3,(H,24,28). The van der Waals surface area contributed by atoms with Crippen LogP contribution >= 0.6 is 11.3 Å². The molecule has 158 valence electrons. The van der Waals surface area contributed by atoms with Gasteiger partial charge in [-0.2, -0.15) is 4.98 Å². The molecule has 0 unspecified atom stereocenters. The Labute approximate surface area is 184 Å². The van der Waals surface area contributed by atoms with E-state index in [0.717, 1.165) is 17.0 Å². The van der Waals surface area contributed by atoms with Crippen molar-refractivity contribution in [3.8, 4) is 28.8 Å². The molecule has 8 heteroatoms. The Balaban J connectivity index is 1.72. The summed E-state index contributed by atoms with van der Waals surface area (Å²) in [6.45, 7) is 3.85. The van der Waals surface area contributed by atoms with E-state index in [0.29, 0.717) is 16.4 Å². The lowest BCUT2D eigenvalue weighted by molar-refractivity contribution is 0.103. The van der Waals surface area contributed by atoms with E-state index in [2.05, 4.69) is 15.4 Å². The first kappa shape index (κ1) is 20.6. The zero-order chi connectivity index (χ0) is 21.8. The Hall–Kier alpha value is -3.65. The molecule has 0 aliphatic carbocycles. The SMILES string of the molecule is COc1cccc(-c2nc(OC(C)C)nn2-c2cccc(NC(=O)c3cccs3)c2)c1. The largest absolute Gasteiger partial charge is 0.497 e. The number of amides is 1. The summed E-state index contributed by atoms with van der Waals surface area (Å²) in [5, 5.41) is 9.36. The highest BCUT2D eigenvalue weighted by Crippen LogP contribution is 2.28. The summed E-state index contributed by atoms with van der Waals surface area (Å²) in [7, 11) is 1.62. The minimum absolute atomic E-state index is 0.0644. The van der Waals surface area contributed by atoms with Crippen LogP contribution in [-0.2, 0) is 0 Å². The first-order valence-corrected chi connectivity index (χ1v) is 10.6. The quantitative estimate of drug-likeness (QED) is 0.441. The number of hydrogen-bond donors (Lipinski definition) is 1. The lowest BCUT2D eigenvalue weighted by atomic mass is 10.2. The first-order chi connectivity index (χ1) is 15.0. The van der Waals surface area contributed by atoms with E-state index in [-0.39, 0.29) is 18.0 Å². The predicted molar refractivity (Wildman–Crippen MR) is 121 cm³/mol. The summed E-state index contributed by atoms with van der Waals surface area (Å²) in [6, 6.07) is 19.0. The molecule has 2 aromatic heterocycles. The molecular formula is C23H22N4O3S. The Morgan fingerprint density at radius 2 is 1.94 bits per heavy atom. The molecule has 4 rings (SSSR count). The predicted octanol–water partition coefficient (Wildman–Crippen LogP) is 5.04. The molecule has 1 amide bonds. The molecule has 0 spiro atoms. The fourth-order valence-corrected chi connectivity index (χ4v) is 3.62. The van der Waals surface area contributed by atoms with Crippen LogP contribution in [0.4, 0.5) is 5.69 Å². The van der Waals surface area contributed by atoms with Crippen molar-refractivity contribution in [2.45, 2.75) is 20.0 Å². The second-order valence-electron chi connectivity index (χ2n) is 7.01. The molecule has 2 heterocycles. The minimum Gasteiger partial charge on any atom is -0.497 e. The van der Waals surface area contributed by atoms with E-state index in [1.54, 1.807) is 17.9 Å². The van der Waals surface area contributed by atoms with E-state index in [1.165, 1.54) is 11.3 Å². The Morgan fingerprint density at radius 1 is 1.10 bits per heavy atom. The van der Waals surface area contributed by atoms with Gasteiger partial charge in [0.15, 0.2) is 5.82 Å². The third kappa shape index (κ3) is 4.75. The van der Waals surface area contributed by atoms with Gasteiger partial charge < -0.3 is 14.8 Å². The molecule has 0 bridgehead atoms. The number of nitrogens with one attached hydrogen (secondary N) is 1. The highest BCUT2D eigenvalue weighted by molar-refractivity contribution is 7.12. The zero-order valence-corrected chi connectivity index (χ0v) is 18.2. The summed E-state index contributed by atoms with van der Waals surface area (Å²) in [6.07, 6.45) is -0.0644. The number of anilines is 1. The van der Waals surface area contributed by atoms with Crippen molar-refractivity contribution in [3.05, 3.63) is 70.9 Å². The molecule has 0 aliphatic rings. The second-order valence-corrected chi connectivity index (χ2v) is 7.96. The van der Waals surface area contributed by atoms with E-state index >= 15 is 0 Å². The van der Waals surface area contributed by atoms with Crippen molar-refractivity contribution in [1.82, 2.24) is 14.8 Å². The van der Waals surface area contributed by atoms with Crippen LogP contribution in [0.5, 0.6) is 11.8 Å². The Kier molecular flexibility index (Phi) is 5.99. The molecule has 7 nitrogen and oxygen atoms in total. The van der Waals surface area contributed by atoms with Crippen molar-refractivity contribution in [1.29, 1.82) is 0 Å². The highest BCUT2D eigenvalue weighted by atomic mass is 32.1. The Morgan fingerprint density at radius 3 is 2.68 bits per heavy atom. The third-order valence-corrected chi connectivity index (χ3v) is 5.22. The number of nitrogens with zero attached hydrogens (tertiary/aromatic N) is 3. The fourth-order valence-electron chi connectivity index (χ4n) is 3.00. The maximum absolute atomic E-state index is 12.4. The first-order valence-electron chi connectivity index (χ1n) is 9.77. The van der Waals surface area contributed by atoms with Gasteiger partial charge in [-0.05, 0) is 55.6 Å². The summed E-state index contributed by atoms with van der Waals surface area (Å²) < 4.78 is 12.8. The molecule has 0 atom stereocenters. The molecule has 0 fully saturated rings.